The number of aryl methyl sites for hydroxylation is 1. The number of ketones is 1. The van der Waals surface area contributed by atoms with E-state index in [1.54, 1.807) is 32.2 Å². The molecule has 0 aliphatic carbocycles. The maximum Gasteiger partial charge on any atom is 0.230 e. The number of aromatic nitrogens is 1. The Morgan fingerprint density at radius 3 is 2.75 bits per heavy atom. The Hall–Kier alpha value is -2.28. The second-order valence-corrected chi connectivity index (χ2v) is 5.07. The SMILES string of the molecule is COc1ccc(N)c(N=Nc2nc(C)c(C(C)=O)s2)c1. The average molecular weight is 290 g/mol. The molecule has 104 valence electrons. The van der Waals surface area contributed by atoms with Gasteiger partial charge >= 0.3 is 0 Å². The van der Waals surface area contributed by atoms with Gasteiger partial charge in [0.05, 0.1) is 23.4 Å². The molecule has 1 aromatic carbocycles. The van der Waals surface area contributed by atoms with Gasteiger partial charge in [0, 0.05) is 13.0 Å². The zero-order valence-electron chi connectivity index (χ0n) is 11.4. The van der Waals surface area contributed by atoms with Crippen molar-refractivity contribution in [3.05, 3.63) is 28.8 Å². The van der Waals surface area contributed by atoms with Crippen molar-refractivity contribution in [3.63, 3.8) is 0 Å². The van der Waals surface area contributed by atoms with E-state index >= 15 is 0 Å². The molecular formula is C13H14N4O2S. The Morgan fingerprint density at radius 1 is 1.40 bits per heavy atom. The van der Waals surface area contributed by atoms with Crippen molar-refractivity contribution in [3.8, 4) is 5.75 Å². The number of thiazole rings is 1. The number of nitrogens with two attached hydrogens (primary N) is 1. The first-order valence-electron chi connectivity index (χ1n) is 5.85. The minimum absolute atomic E-state index is 0.0256. The Kier molecular flexibility index (Phi) is 4.09. The fourth-order valence-electron chi connectivity index (χ4n) is 1.59. The third kappa shape index (κ3) is 3.00. The molecule has 0 fully saturated rings. The van der Waals surface area contributed by atoms with E-state index < -0.39 is 0 Å². The molecule has 0 amide bonds. The summed E-state index contributed by atoms with van der Waals surface area (Å²) in [6.07, 6.45) is 0. The van der Waals surface area contributed by atoms with E-state index in [-0.39, 0.29) is 5.78 Å². The number of hydrogen-bond donors (Lipinski definition) is 1. The predicted molar refractivity (Wildman–Crippen MR) is 78.4 cm³/mol. The smallest absolute Gasteiger partial charge is 0.230 e. The number of nitrogen functional groups attached to an aromatic ring is 1. The number of anilines is 1. The van der Waals surface area contributed by atoms with Gasteiger partial charge in [0.1, 0.15) is 11.4 Å². The molecule has 0 aliphatic rings. The molecule has 6 nitrogen and oxygen atoms in total. The molecule has 2 aromatic rings. The van der Waals surface area contributed by atoms with Crippen LogP contribution in [0, 0.1) is 6.92 Å². The van der Waals surface area contributed by atoms with E-state index in [9.17, 15) is 4.79 Å². The summed E-state index contributed by atoms with van der Waals surface area (Å²) in [4.78, 5) is 16.1. The van der Waals surface area contributed by atoms with Crippen LogP contribution in [0.4, 0.5) is 16.5 Å². The molecule has 1 aromatic heterocycles. The molecule has 0 spiro atoms. The molecule has 2 N–H and O–H groups in total. The van der Waals surface area contributed by atoms with Crippen LogP contribution >= 0.6 is 11.3 Å². The van der Waals surface area contributed by atoms with Gasteiger partial charge in [-0.25, -0.2) is 4.98 Å². The van der Waals surface area contributed by atoms with Crippen molar-refractivity contribution in [1.29, 1.82) is 0 Å². The van der Waals surface area contributed by atoms with Gasteiger partial charge in [-0.15, -0.1) is 10.2 Å². The van der Waals surface area contributed by atoms with Crippen molar-refractivity contribution < 1.29 is 9.53 Å². The number of ether oxygens (including phenoxy) is 1. The summed E-state index contributed by atoms with van der Waals surface area (Å²) >= 11 is 1.21. The number of benzene rings is 1. The minimum Gasteiger partial charge on any atom is -0.497 e. The first kappa shape index (κ1) is 14.1. The molecule has 0 bridgehead atoms. The highest BCUT2D eigenvalue weighted by atomic mass is 32.1. The van der Waals surface area contributed by atoms with Gasteiger partial charge in [-0.1, -0.05) is 11.3 Å². The number of methoxy groups -OCH3 is 1. The Balaban J connectivity index is 2.29. The number of azo groups is 1. The number of nitrogens with zero attached hydrogens (tertiary/aromatic N) is 3. The summed E-state index contributed by atoms with van der Waals surface area (Å²) < 4.78 is 5.10. The lowest BCUT2D eigenvalue weighted by atomic mass is 10.2. The number of rotatable bonds is 4. The van der Waals surface area contributed by atoms with Crippen LogP contribution in [0.15, 0.2) is 28.4 Å². The van der Waals surface area contributed by atoms with Gasteiger partial charge in [-0.3, -0.25) is 4.79 Å². The lowest BCUT2D eigenvalue weighted by Crippen LogP contribution is -1.89. The van der Waals surface area contributed by atoms with Gasteiger partial charge in [0.15, 0.2) is 5.78 Å². The van der Waals surface area contributed by atoms with Gasteiger partial charge in [-0.2, -0.15) is 0 Å². The number of carbonyl (C=O) groups excluding carboxylic acids is 1. The summed E-state index contributed by atoms with van der Waals surface area (Å²) in [5, 5.41) is 8.50. The molecule has 1 heterocycles. The van der Waals surface area contributed by atoms with Crippen molar-refractivity contribution in [2.75, 3.05) is 12.8 Å². The molecule has 0 atom stereocenters. The standard InChI is InChI=1S/C13H14N4O2S/c1-7-12(8(2)18)20-13(15-7)17-16-11-6-9(19-3)4-5-10(11)14/h4-6H,14H2,1-3H3. The second-order valence-electron chi connectivity index (χ2n) is 4.09. The molecule has 7 heteroatoms. The highest BCUT2D eigenvalue weighted by molar-refractivity contribution is 7.17. The quantitative estimate of drug-likeness (QED) is 0.528. The zero-order chi connectivity index (χ0) is 14.7. The van der Waals surface area contributed by atoms with Crippen molar-refractivity contribution in [1.82, 2.24) is 4.98 Å². The van der Waals surface area contributed by atoms with Crippen LogP contribution in [0.2, 0.25) is 0 Å². The zero-order valence-corrected chi connectivity index (χ0v) is 12.2. The van der Waals surface area contributed by atoms with Crippen LogP contribution < -0.4 is 10.5 Å². The van der Waals surface area contributed by atoms with Gasteiger partial charge < -0.3 is 10.5 Å². The Bertz CT molecular complexity index is 679. The van der Waals surface area contributed by atoms with Crippen LogP contribution in [-0.2, 0) is 0 Å². The predicted octanol–water partition coefficient (Wildman–Crippen LogP) is 3.66. The number of hydrogen-bond acceptors (Lipinski definition) is 7. The summed E-state index contributed by atoms with van der Waals surface area (Å²) in [6, 6.07) is 5.13. The fourth-order valence-corrected chi connectivity index (χ4v) is 2.37. The summed E-state index contributed by atoms with van der Waals surface area (Å²) in [5.41, 5.74) is 7.47. The van der Waals surface area contributed by atoms with Gasteiger partial charge in [0.25, 0.3) is 0 Å². The van der Waals surface area contributed by atoms with Gasteiger partial charge in [0.2, 0.25) is 5.13 Å². The molecule has 0 saturated carbocycles. The number of Topliss-reactive ketones (excluding diaryl/α,β-unsaturated/α-hetero) is 1. The van der Waals surface area contributed by atoms with Crippen LogP contribution in [0.3, 0.4) is 0 Å². The third-order valence-electron chi connectivity index (χ3n) is 2.59. The van der Waals surface area contributed by atoms with E-state index in [0.29, 0.717) is 32.8 Å². The highest BCUT2D eigenvalue weighted by Gasteiger charge is 2.11. The Morgan fingerprint density at radius 2 is 2.15 bits per heavy atom. The molecule has 0 unspecified atom stereocenters. The van der Waals surface area contributed by atoms with Gasteiger partial charge in [-0.05, 0) is 19.1 Å². The molecule has 0 radical (unpaired) electrons. The maximum absolute atomic E-state index is 11.4. The minimum atomic E-state index is -0.0256. The summed E-state index contributed by atoms with van der Waals surface area (Å²) in [5.74, 6) is 0.621. The summed E-state index contributed by atoms with van der Waals surface area (Å²) in [7, 11) is 1.57. The monoisotopic (exact) mass is 290 g/mol. The van der Waals surface area contributed by atoms with Crippen LogP contribution in [0.5, 0.6) is 5.75 Å². The maximum atomic E-state index is 11.4. The van der Waals surface area contributed by atoms with E-state index in [1.807, 2.05) is 0 Å². The molecule has 0 aliphatic heterocycles. The van der Waals surface area contributed by atoms with Crippen molar-refractivity contribution in [2.45, 2.75) is 13.8 Å². The topological polar surface area (TPSA) is 89.9 Å². The third-order valence-corrected chi connectivity index (χ3v) is 3.73. The van der Waals surface area contributed by atoms with E-state index in [2.05, 4.69) is 15.2 Å². The van der Waals surface area contributed by atoms with Crippen molar-refractivity contribution >= 4 is 33.6 Å². The van der Waals surface area contributed by atoms with E-state index in [0.717, 1.165) is 0 Å². The lowest BCUT2D eigenvalue weighted by Gasteiger charge is -2.02. The van der Waals surface area contributed by atoms with E-state index in [1.165, 1.54) is 18.3 Å². The second kappa shape index (κ2) is 5.79. The fraction of sp³-hybridized carbons (Fsp3) is 0.231. The van der Waals surface area contributed by atoms with Crippen molar-refractivity contribution in [2.24, 2.45) is 10.2 Å². The van der Waals surface area contributed by atoms with Crippen LogP contribution in [0.25, 0.3) is 0 Å². The first-order valence-corrected chi connectivity index (χ1v) is 6.66. The normalized spacial score (nSPS) is 10.9. The average Bonchev–Trinajstić information content (AvgIpc) is 2.79. The molecule has 20 heavy (non-hydrogen) atoms. The lowest BCUT2D eigenvalue weighted by molar-refractivity contribution is 0.102. The first-order chi connectivity index (χ1) is 9.51. The van der Waals surface area contributed by atoms with E-state index in [4.69, 9.17) is 10.5 Å². The number of carbonyl (C=O) groups is 1. The highest BCUT2D eigenvalue weighted by Crippen LogP contribution is 2.31. The molecule has 0 saturated heterocycles. The molecule has 2 rings (SSSR count). The largest absolute Gasteiger partial charge is 0.497 e. The van der Waals surface area contributed by atoms with Crippen LogP contribution in [-0.4, -0.2) is 17.9 Å². The van der Waals surface area contributed by atoms with Crippen LogP contribution in [0.1, 0.15) is 22.3 Å². The Labute approximate surface area is 120 Å². The molecular weight excluding hydrogens is 276 g/mol. The summed E-state index contributed by atoms with van der Waals surface area (Å²) in [6.45, 7) is 3.27.